The minimum atomic E-state index is -3.18. The normalized spacial score (nSPS) is 19.8. The van der Waals surface area contributed by atoms with Crippen molar-refractivity contribution in [1.82, 2.24) is 14.4 Å². The van der Waals surface area contributed by atoms with Gasteiger partial charge in [-0.2, -0.15) is 4.98 Å². The molecule has 0 unspecified atom stereocenters. The third kappa shape index (κ3) is 3.76. The molecule has 1 fully saturated rings. The Hall–Kier alpha value is -1.80. The maximum atomic E-state index is 13.7. The van der Waals surface area contributed by atoms with Gasteiger partial charge in [0.15, 0.2) is 0 Å². The Morgan fingerprint density at radius 2 is 2.17 bits per heavy atom. The summed E-state index contributed by atoms with van der Waals surface area (Å²) in [5, 5.41) is 3.82. The fraction of sp³-hybridized carbons (Fsp3) is 0.467. The zero-order valence-electron chi connectivity index (χ0n) is 12.8. The highest BCUT2D eigenvalue weighted by molar-refractivity contribution is 7.88. The lowest BCUT2D eigenvalue weighted by molar-refractivity contribution is 0.248. The maximum absolute atomic E-state index is 13.7. The summed E-state index contributed by atoms with van der Waals surface area (Å²) in [5.41, 5.74) is 0.295. The second kappa shape index (κ2) is 6.37. The molecule has 0 N–H and O–H groups in total. The molecule has 1 aliphatic heterocycles. The van der Waals surface area contributed by atoms with E-state index in [0.717, 1.165) is 12.8 Å². The zero-order chi connectivity index (χ0) is 16.4. The predicted octanol–water partition coefficient (Wildman–Crippen LogP) is 2.09. The summed E-state index contributed by atoms with van der Waals surface area (Å²) in [7, 11) is -3.18. The van der Waals surface area contributed by atoms with Crippen LogP contribution in [0, 0.1) is 11.7 Å². The summed E-state index contributed by atoms with van der Waals surface area (Å²) in [4.78, 5) is 4.24. The number of nitrogens with zero attached hydrogens (tertiary/aromatic N) is 3. The molecule has 2 aromatic rings. The Bertz CT molecular complexity index is 791. The molecule has 124 valence electrons. The summed E-state index contributed by atoms with van der Waals surface area (Å²) in [6, 6.07) is 6.24. The van der Waals surface area contributed by atoms with Gasteiger partial charge in [-0.25, -0.2) is 17.1 Å². The van der Waals surface area contributed by atoms with Crippen LogP contribution in [0.25, 0.3) is 11.4 Å². The van der Waals surface area contributed by atoms with Crippen LogP contribution in [0.1, 0.15) is 18.7 Å². The molecule has 3 rings (SSSR count). The largest absolute Gasteiger partial charge is 0.339 e. The van der Waals surface area contributed by atoms with Crippen molar-refractivity contribution in [3.8, 4) is 11.4 Å². The smallest absolute Gasteiger partial charge is 0.227 e. The minimum Gasteiger partial charge on any atom is -0.339 e. The van der Waals surface area contributed by atoms with Crippen LogP contribution in [0.5, 0.6) is 0 Å². The molecule has 0 amide bonds. The SMILES string of the molecule is CS(=O)(=O)N1CCC[C@H](Cc2nc(-c3ccccc3F)no2)C1. The Morgan fingerprint density at radius 3 is 2.91 bits per heavy atom. The lowest BCUT2D eigenvalue weighted by atomic mass is 9.96. The Balaban J connectivity index is 1.71. The van der Waals surface area contributed by atoms with Gasteiger partial charge in [-0.05, 0) is 30.9 Å². The van der Waals surface area contributed by atoms with Crippen molar-refractivity contribution in [3.05, 3.63) is 36.0 Å². The second-order valence-corrected chi connectivity index (χ2v) is 7.81. The van der Waals surface area contributed by atoms with Gasteiger partial charge in [0.05, 0.1) is 11.8 Å². The Kier molecular flexibility index (Phi) is 4.45. The van der Waals surface area contributed by atoms with Gasteiger partial charge in [-0.1, -0.05) is 17.3 Å². The van der Waals surface area contributed by atoms with Crippen molar-refractivity contribution < 1.29 is 17.3 Å². The number of piperidine rings is 1. The molecule has 0 spiro atoms. The lowest BCUT2D eigenvalue weighted by Gasteiger charge is -2.30. The standard InChI is InChI=1S/C15H18FN3O3S/c1-23(20,21)19-8-4-5-11(10-19)9-14-17-15(18-22-14)12-6-2-3-7-13(12)16/h2-3,6-7,11H,4-5,8-10H2,1H3/t11-/m1/s1. The van der Waals surface area contributed by atoms with E-state index in [1.54, 1.807) is 18.2 Å². The fourth-order valence-corrected chi connectivity index (χ4v) is 3.77. The van der Waals surface area contributed by atoms with Gasteiger partial charge in [0.2, 0.25) is 21.7 Å². The lowest BCUT2D eigenvalue weighted by Crippen LogP contribution is -2.39. The van der Waals surface area contributed by atoms with Crippen LogP contribution in [0.15, 0.2) is 28.8 Å². The van der Waals surface area contributed by atoms with Crippen LogP contribution in [-0.4, -0.2) is 42.2 Å². The maximum Gasteiger partial charge on any atom is 0.227 e. The highest BCUT2D eigenvalue weighted by atomic mass is 32.2. The topological polar surface area (TPSA) is 76.3 Å². The van der Waals surface area contributed by atoms with E-state index in [1.807, 2.05) is 0 Å². The van der Waals surface area contributed by atoms with Crippen molar-refractivity contribution in [3.63, 3.8) is 0 Å². The molecule has 0 radical (unpaired) electrons. The molecule has 0 saturated carbocycles. The Morgan fingerprint density at radius 1 is 1.39 bits per heavy atom. The first-order valence-corrected chi connectivity index (χ1v) is 9.31. The second-order valence-electron chi connectivity index (χ2n) is 5.82. The number of sulfonamides is 1. The van der Waals surface area contributed by atoms with Crippen LogP contribution < -0.4 is 0 Å². The summed E-state index contributed by atoms with van der Waals surface area (Å²) in [6.07, 6.45) is 3.43. The number of benzene rings is 1. The molecule has 2 heterocycles. The quantitative estimate of drug-likeness (QED) is 0.852. The van der Waals surface area contributed by atoms with E-state index in [4.69, 9.17) is 4.52 Å². The van der Waals surface area contributed by atoms with Crippen LogP contribution >= 0.6 is 0 Å². The third-order valence-corrected chi connectivity index (χ3v) is 5.27. The molecule has 1 aromatic carbocycles. The molecule has 1 atom stereocenters. The first kappa shape index (κ1) is 16.1. The number of aromatic nitrogens is 2. The minimum absolute atomic E-state index is 0.132. The first-order chi connectivity index (χ1) is 10.9. The monoisotopic (exact) mass is 339 g/mol. The molecule has 8 heteroatoms. The van der Waals surface area contributed by atoms with Crippen molar-refractivity contribution >= 4 is 10.0 Å². The van der Waals surface area contributed by atoms with Crippen molar-refractivity contribution in [2.45, 2.75) is 19.3 Å². The molecule has 0 bridgehead atoms. The summed E-state index contributed by atoms with van der Waals surface area (Å²) in [6.45, 7) is 1.01. The van der Waals surface area contributed by atoms with E-state index in [2.05, 4.69) is 10.1 Å². The average molecular weight is 339 g/mol. The third-order valence-electron chi connectivity index (χ3n) is 4.00. The van der Waals surface area contributed by atoms with Gasteiger partial charge in [-0.3, -0.25) is 0 Å². The van der Waals surface area contributed by atoms with E-state index in [0.29, 0.717) is 31.0 Å². The van der Waals surface area contributed by atoms with E-state index >= 15 is 0 Å². The summed E-state index contributed by atoms with van der Waals surface area (Å²) >= 11 is 0. The summed E-state index contributed by atoms with van der Waals surface area (Å²) in [5.74, 6) is 0.352. The summed E-state index contributed by atoms with van der Waals surface area (Å²) < 4.78 is 43.7. The van der Waals surface area contributed by atoms with Crippen molar-refractivity contribution in [2.75, 3.05) is 19.3 Å². The molecule has 23 heavy (non-hydrogen) atoms. The highest BCUT2D eigenvalue weighted by Crippen LogP contribution is 2.24. The van der Waals surface area contributed by atoms with Crippen LogP contribution in [0.3, 0.4) is 0 Å². The van der Waals surface area contributed by atoms with Gasteiger partial charge in [0.1, 0.15) is 5.82 Å². The Labute approximate surface area is 134 Å². The van der Waals surface area contributed by atoms with Gasteiger partial charge in [-0.15, -0.1) is 0 Å². The predicted molar refractivity (Wildman–Crippen MR) is 82.5 cm³/mol. The highest BCUT2D eigenvalue weighted by Gasteiger charge is 2.27. The van der Waals surface area contributed by atoms with E-state index in [9.17, 15) is 12.8 Å². The van der Waals surface area contributed by atoms with Gasteiger partial charge in [0.25, 0.3) is 0 Å². The molecule has 1 saturated heterocycles. The molecule has 6 nitrogen and oxygen atoms in total. The van der Waals surface area contributed by atoms with E-state index in [-0.39, 0.29) is 11.7 Å². The number of rotatable bonds is 4. The molecule has 1 aromatic heterocycles. The molecular formula is C15H18FN3O3S. The van der Waals surface area contributed by atoms with Crippen LogP contribution in [0.4, 0.5) is 4.39 Å². The van der Waals surface area contributed by atoms with Crippen LogP contribution in [0.2, 0.25) is 0 Å². The van der Waals surface area contributed by atoms with E-state index < -0.39 is 15.8 Å². The fourth-order valence-electron chi connectivity index (χ4n) is 2.83. The zero-order valence-corrected chi connectivity index (χ0v) is 13.6. The molecule has 0 aliphatic carbocycles. The van der Waals surface area contributed by atoms with Crippen LogP contribution in [-0.2, 0) is 16.4 Å². The average Bonchev–Trinajstić information content (AvgIpc) is 2.95. The van der Waals surface area contributed by atoms with Crippen molar-refractivity contribution in [1.29, 1.82) is 0 Å². The first-order valence-electron chi connectivity index (χ1n) is 7.46. The number of hydrogen-bond donors (Lipinski definition) is 0. The van der Waals surface area contributed by atoms with Gasteiger partial charge >= 0.3 is 0 Å². The van der Waals surface area contributed by atoms with Gasteiger partial charge < -0.3 is 4.52 Å². The van der Waals surface area contributed by atoms with Gasteiger partial charge in [0, 0.05) is 19.5 Å². The number of halogens is 1. The molecular weight excluding hydrogens is 321 g/mol. The van der Waals surface area contributed by atoms with E-state index in [1.165, 1.54) is 16.6 Å². The molecule has 1 aliphatic rings. The number of hydrogen-bond acceptors (Lipinski definition) is 5. The van der Waals surface area contributed by atoms with Crippen molar-refractivity contribution in [2.24, 2.45) is 5.92 Å².